The molecule has 0 atom stereocenters. The lowest BCUT2D eigenvalue weighted by molar-refractivity contribution is -0.479. The summed E-state index contributed by atoms with van der Waals surface area (Å²) in [4.78, 5) is 12.6. The molecule has 430 valence electrons. The van der Waals surface area contributed by atoms with Crippen LogP contribution in [0.15, 0.2) is 291 Å². The quantitative estimate of drug-likeness (QED) is 0.147. The maximum Gasteiger partial charge on any atom is 0.267 e. The molecule has 2 bridgehead atoms. The number of fused-ring (bicyclic) bond motifs is 12. The van der Waals surface area contributed by atoms with Gasteiger partial charge in [-0.25, -0.2) is 0 Å². The molecule has 0 spiro atoms. The molecule has 8 aromatic heterocycles. The number of benzene rings is 10. The SMILES string of the molecule is C1=Cc2oc3cccc4c3c2CCC(=C1)c1cc2oc3cccnc3c2cc1N4c1ccc(-c2ccccc2)cc1-c1ccc(-c2cnc3c(c2)oc2cc4c(cc23)n(-c2cccc(-c3ccc(-c5ccccc5)cc3)c2)c2cccc3oc5ccc[n+]4c5c32)cc1. The van der Waals surface area contributed by atoms with Crippen molar-refractivity contribution in [2.24, 2.45) is 0 Å². The topological polar surface area (TPSA) is 90.6 Å². The van der Waals surface area contributed by atoms with Crippen molar-refractivity contribution in [1.82, 2.24) is 14.5 Å². The number of hydrogen-bond donors (Lipinski definition) is 0. The summed E-state index contributed by atoms with van der Waals surface area (Å²) in [5.41, 5.74) is 29.7. The smallest absolute Gasteiger partial charge is 0.267 e. The minimum absolute atomic E-state index is 0.700. The monoisotopic (exact) mass is 1180 g/mol. The van der Waals surface area contributed by atoms with Gasteiger partial charge in [0, 0.05) is 62.6 Å². The molecule has 1 aliphatic heterocycles. The number of pyridine rings is 3. The van der Waals surface area contributed by atoms with Crippen LogP contribution in [0.2, 0.25) is 0 Å². The minimum atomic E-state index is 0.700. The van der Waals surface area contributed by atoms with E-state index < -0.39 is 0 Å². The van der Waals surface area contributed by atoms with Crippen molar-refractivity contribution in [3.05, 3.63) is 290 Å². The van der Waals surface area contributed by atoms with E-state index in [1.54, 1.807) is 0 Å². The first-order valence-electron chi connectivity index (χ1n) is 31.2. The second-order valence-corrected chi connectivity index (χ2v) is 24.2. The van der Waals surface area contributed by atoms with Crippen LogP contribution in [-0.4, -0.2) is 14.5 Å². The lowest BCUT2D eigenvalue weighted by atomic mass is 9.93. The molecular formula is C83H50N5O4+. The van der Waals surface area contributed by atoms with Gasteiger partial charge in [-0.15, -0.1) is 0 Å². The van der Waals surface area contributed by atoms with Crippen molar-refractivity contribution in [3.8, 4) is 61.3 Å². The fraction of sp³-hybridized carbons (Fsp3) is 0.0241. The number of aromatic nitrogens is 4. The highest BCUT2D eigenvalue weighted by atomic mass is 16.3. The first-order chi connectivity index (χ1) is 45.6. The van der Waals surface area contributed by atoms with Gasteiger partial charge in [-0.3, -0.25) is 9.97 Å². The Balaban J connectivity index is 0.742. The highest BCUT2D eigenvalue weighted by molar-refractivity contribution is 6.14. The van der Waals surface area contributed by atoms with Crippen molar-refractivity contribution in [2.45, 2.75) is 12.8 Å². The lowest BCUT2D eigenvalue weighted by Crippen LogP contribution is -2.20. The van der Waals surface area contributed by atoms with Gasteiger partial charge >= 0.3 is 0 Å². The van der Waals surface area contributed by atoms with E-state index in [-0.39, 0.29) is 0 Å². The number of furan rings is 4. The predicted octanol–water partition coefficient (Wildman–Crippen LogP) is 21.8. The molecule has 0 fully saturated rings. The largest absolute Gasteiger partial charge is 0.456 e. The van der Waals surface area contributed by atoms with Gasteiger partial charge in [-0.1, -0.05) is 152 Å². The summed E-state index contributed by atoms with van der Waals surface area (Å²) in [6.45, 7) is 0. The summed E-state index contributed by atoms with van der Waals surface area (Å²) in [5, 5.41) is 4.03. The second-order valence-electron chi connectivity index (χ2n) is 24.2. The van der Waals surface area contributed by atoms with Gasteiger partial charge in [-0.2, -0.15) is 4.40 Å². The van der Waals surface area contributed by atoms with Crippen LogP contribution in [0.4, 0.5) is 17.1 Å². The third-order valence-corrected chi connectivity index (χ3v) is 19.1. The standard InChI is InChI=1S/C83H50N5O4/c1-3-13-49(14-4-1)51-27-29-52(30-28-51)56-18-7-19-59(41-56)87-67-21-10-24-73-80(67)83-75(90-73)26-12-40-86(83)69-47-77-64(45-70(69)87)82-78(92-77)43-58(48-85-82)53-31-33-55(34-32-53)61-42-57(50-15-5-2-6-16-50)36-38-65(61)88-66-20-9-23-72-79(66)60-37-35-54(17-8-22-71(60)89-72)62-46-76-63(44-68(62)88)81-74(91-76)25-11-39-84-81/h1-34,36,38-48H,35,37H2/q+1. The average molecular weight is 1180 g/mol. The van der Waals surface area contributed by atoms with E-state index in [2.05, 4.69) is 269 Å². The molecule has 9 heteroatoms. The zero-order valence-electron chi connectivity index (χ0n) is 49.3. The average Bonchev–Trinajstić information content (AvgIpc) is 1.55. The maximum atomic E-state index is 6.96. The third-order valence-electron chi connectivity index (χ3n) is 19.1. The van der Waals surface area contributed by atoms with Crippen molar-refractivity contribution in [2.75, 3.05) is 4.90 Å². The number of aryl methyl sites for hydroxylation is 1. The Morgan fingerprint density at radius 3 is 1.89 bits per heavy atom. The van der Waals surface area contributed by atoms with Gasteiger partial charge in [0.1, 0.15) is 50.0 Å². The Morgan fingerprint density at radius 1 is 0.391 bits per heavy atom. The molecule has 0 saturated heterocycles. The summed E-state index contributed by atoms with van der Waals surface area (Å²) in [6, 6.07) is 86.5. The van der Waals surface area contributed by atoms with E-state index >= 15 is 0 Å². The van der Waals surface area contributed by atoms with E-state index in [1.807, 2.05) is 24.5 Å². The van der Waals surface area contributed by atoms with E-state index in [1.165, 1.54) is 22.3 Å². The maximum absolute atomic E-state index is 6.96. The summed E-state index contributed by atoms with van der Waals surface area (Å²) in [7, 11) is 0. The highest BCUT2D eigenvalue weighted by Gasteiger charge is 2.31. The number of hydrogen-bond acceptors (Lipinski definition) is 7. The molecule has 0 N–H and O–H groups in total. The van der Waals surface area contributed by atoms with Crippen LogP contribution in [0.1, 0.15) is 23.3 Å². The number of allylic oxidation sites excluding steroid dienone is 3. The van der Waals surface area contributed by atoms with Crippen LogP contribution in [0.5, 0.6) is 0 Å². The molecule has 0 amide bonds. The molecule has 18 aromatic rings. The normalized spacial score (nSPS) is 13.1. The second kappa shape index (κ2) is 19.6. The first kappa shape index (κ1) is 50.6. The van der Waals surface area contributed by atoms with Gasteiger partial charge in [-0.05, 0) is 160 Å². The van der Waals surface area contributed by atoms with Crippen LogP contribution in [0.25, 0.3) is 167 Å². The molecule has 10 aromatic carbocycles. The molecule has 0 unspecified atom stereocenters. The van der Waals surface area contributed by atoms with Crippen molar-refractivity contribution in [3.63, 3.8) is 0 Å². The summed E-state index contributed by atoms with van der Waals surface area (Å²) < 4.78 is 31.5. The van der Waals surface area contributed by atoms with Crippen molar-refractivity contribution in [1.29, 1.82) is 0 Å². The molecule has 2 aliphatic rings. The van der Waals surface area contributed by atoms with Gasteiger partial charge < -0.3 is 27.1 Å². The summed E-state index contributed by atoms with van der Waals surface area (Å²) >= 11 is 0. The Labute approximate surface area is 525 Å². The number of rotatable bonds is 7. The van der Waals surface area contributed by atoms with Gasteiger partial charge in [0.15, 0.2) is 22.9 Å². The van der Waals surface area contributed by atoms with Crippen LogP contribution < -0.4 is 9.30 Å². The highest BCUT2D eigenvalue weighted by Crippen LogP contribution is 2.52. The van der Waals surface area contributed by atoms with E-state index in [9.17, 15) is 0 Å². The Hall–Kier alpha value is -12.3. The van der Waals surface area contributed by atoms with Crippen molar-refractivity contribution >= 4 is 122 Å². The molecule has 1 aliphatic carbocycles. The third kappa shape index (κ3) is 7.69. The van der Waals surface area contributed by atoms with Crippen LogP contribution in [0, 0.1) is 0 Å². The van der Waals surface area contributed by atoms with Gasteiger partial charge in [0.25, 0.3) is 5.52 Å². The zero-order chi connectivity index (χ0) is 60.1. The Morgan fingerprint density at radius 2 is 1.04 bits per heavy atom. The molecule has 9 nitrogen and oxygen atoms in total. The fourth-order valence-electron chi connectivity index (χ4n) is 14.8. The number of nitrogens with zero attached hydrogens (tertiary/aromatic N) is 5. The molecule has 20 rings (SSSR count). The molecular weight excluding hydrogens is 1130 g/mol. The van der Waals surface area contributed by atoms with Crippen molar-refractivity contribution < 1.29 is 22.1 Å². The lowest BCUT2D eigenvalue weighted by Gasteiger charge is -2.31. The zero-order valence-corrected chi connectivity index (χ0v) is 49.3. The predicted molar refractivity (Wildman–Crippen MR) is 371 cm³/mol. The van der Waals surface area contributed by atoms with E-state index in [4.69, 9.17) is 27.6 Å². The summed E-state index contributed by atoms with van der Waals surface area (Å²) in [5.74, 6) is 0.895. The fourth-order valence-corrected chi connectivity index (χ4v) is 14.8. The molecule has 0 saturated carbocycles. The Kier molecular flexibility index (Phi) is 10.8. The molecule has 92 heavy (non-hydrogen) atoms. The van der Waals surface area contributed by atoms with Gasteiger partial charge in [0.05, 0.1) is 28.6 Å². The molecule has 9 heterocycles. The first-order valence-corrected chi connectivity index (χ1v) is 31.2. The van der Waals surface area contributed by atoms with Crippen LogP contribution in [0.3, 0.4) is 0 Å². The van der Waals surface area contributed by atoms with Gasteiger partial charge in [0.2, 0.25) is 5.52 Å². The summed E-state index contributed by atoms with van der Waals surface area (Å²) in [6.07, 6.45) is 14.1. The van der Waals surface area contributed by atoms with Crippen LogP contribution >= 0.6 is 0 Å². The minimum Gasteiger partial charge on any atom is -0.456 e. The Bertz CT molecular complexity index is 6180. The van der Waals surface area contributed by atoms with E-state index in [0.717, 1.165) is 180 Å². The van der Waals surface area contributed by atoms with Crippen LogP contribution in [-0.2, 0) is 6.42 Å². The molecule has 0 radical (unpaired) electrons. The number of anilines is 3. The van der Waals surface area contributed by atoms with E-state index in [0.29, 0.717) is 5.58 Å².